The maximum Gasteiger partial charge on any atom is 0.219 e. The molecule has 21 heavy (non-hydrogen) atoms. The van der Waals surface area contributed by atoms with Crippen LogP contribution in [-0.2, 0) is 11.2 Å². The van der Waals surface area contributed by atoms with Gasteiger partial charge in [0.2, 0.25) is 5.91 Å². The Morgan fingerprint density at radius 3 is 2.52 bits per heavy atom. The number of amides is 1. The maximum absolute atomic E-state index is 11.3. The number of rotatable bonds is 5. The van der Waals surface area contributed by atoms with Crippen LogP contribution >= 0.6 is 0 Å². The van der Waals surface area contributed by atoms with Gasteiger partial charge in [-0.3, -0.25) is 9.69 Å². The Morgan fingerprint density at radius 1 is 1.24 bits per heavy atom. The Balaban J connectivity index is 1.73. The first kappa shape index (κ1) is 15.8. The lowest BCUT2D eigenvalue weighted by atomic mass is 10.1. The van der Waals surface area contributed by atoms with Crippen molar-refractivity contribution in [2.75, 3.05) is 39.8 Å². The quantitative estimate of drug-likeness (QED) is 0.832. The van der Waals surface area contributed by atoms with E-state index >= 15 is 0 Å². The van der Waals surface area contributed by atoms with Gasteiger partial charge in [-0.15, -0.1) is 0 Å². The zero-order chi connectivity index (χ0) is 15.2. The molecule has 0 spiro atoms. The Morgan fingerprint density at radius 2 is 1.95 bits per heavy atom. The van der Waals surface area contributed by atoms with Gasteiger partial charge >= 0.3 is 0 Å². The van der Waals surface area contributed by atoms with E-state index in [9.17, 15) is 4.79 Å². The molecule has 0 radical (unpaired) electrons. The summed E-state index contributed by atoms with van der Waals surface area (Å²) in [6.07, 6.45) is 2.25. The monoisotopic (exact) mass is 290 g/mol. The first-order chi connectivity index (χ1) is 10.1. The Labute approximate surface area is 127 Å². The number of benzene rings is 1. The lowest BCUT2D eigenvalue weighted by Crippen LogP contribution is -2.48. The predicted octanol–water partition coefficient (Wildman–Crippen LogP) is 2.10. The van der Waals surface area contributed by atoms with Crippen LogP contribution in [0.15, 0.2) is 18.2 Å². The molecular formula is C17H26N2O2. The zero-order valence-corrected chi connectivity index (χ0v) is 13.4. The van der Waals surface area contributed by atoms with E-state index in [-0.39, 0.29) is 5.91 Å². The molecule has 1 saturated heterocycles. The lowest BCUT2D eigenvalue weighted by molar-refractivity contribution is -0.130. The number of nitrogens with zero attached hydrogens (tertiary/aromatic N) is 2. The van der Waals surface area contributed by atoms with Crippen LogP contribution in [0.2, 0.25) is 0 Å². The average molecular weight is 290 g/mol. The highest BCUT2D eigenvalue weighted by Crippen LogP contribution is 2.19. The summed E-state index contributed by atoms with van der Waals surface area (Å²) < 4.78 is 5.29. The van der Waals surface area contributed by atoms with Gasteiger partial charge in [0.1, 0.15) is 5.75 Å². The number of carbonyl (C=O) groups is 1. The van der Waals surface area contributed by atoms with Crippen molar-refractivity contribution in [1.29, 1.82) is 0 Å². The summed E-state index contributed by atoms with van der Waals surface area (Å²) in [7, 11) is 1.71. The van der Waals surface area contributed by atoms with Crippen LogP contribution in [0.5, 0.6) is 5.75 Å². The number of hydrogen-bond donors (Lipinski definition) is 0. The molecule has 1 fully saturated rings. The molecule has 0 aromatic heterocycles. The molecule has 1 aromatic carbocycles. The number of hydrogen-bond acceptors (Lipinski definition) is 3. The summed E-state index contributed by atoms with van der Waals surface area (Å²) in [4.78, 5) is 15.7. The highest BCUT2D eigenvalue weighted by Gasteiger charge is 2.17. The van der Waals surface area contributed by atoms with E-state index in [2.05, 4.69) is 30.0 Å². The lowest BCUT2D eigenvalue weighted by Gasteiger charge is -2.34. The first-order valence-electron chi connectivity index (χ1n) is 7.71. The van der Waals surface area contributed by atoms with Gasteiger partial charge in [0.15, 0.2) is 0 Å². The van der Waals surface area contributed by atoms with Crippen molar-refractivity contribution < 1.29 is 9.53 Å². The largest absolute Gasteiger partial charge is 0.496 e. The second-order valence-electron chi connectivity index (χ2n) is 5.76. The van der Waals surface area contributed by atoms with Gasteiger partial charge in [-0.25, -0.2) is 0 Å². The molecule has 0 atom stereocenters. The number of carbonyl (C=O) groups excluding carboxylic acids is 1. The minimum Gasteiger partial charge on any atom is -0.496 e. The normalized spacial score (nSPS) is 16.0. The van der Waals surface area contributed by atoms with Gasteiger partial charge in [0, 0.05) is 33.1 Å². The summed E-state index contributed by atoms with van der Waals surface area (Å²) in [5.41, 5.74) is 2.57. The van der Waals surface area contributed by atoms with Crippen LogP contribution in [0.4, 0.5) is 0 Å². The number of methoxy groups -OCH3 is 1. The van der Waals surface area contributed by atoms with E-state index < -0.39 is 0 Å². The summed E-state index contributed by atoms with van der Waals surface area (Å²) in [5.74, 6) is 1.16. The maximum atomic E-state index is 11.3. The van der Waals surface area contributed by atoms with E-state index in [0.717, 1.165) is 51.3 Å². The fourth-order valence-electron chi connectivity index (χ4n) is 2.89. The number of piperazine rings is 1. The van der Waals surface area contributed by atoms with Gasteiger partial charge in [-0.2, -0.15) is 0 Å². The van der Waals surface area contributed by atoms with Gasteiger partial charge < -0.3 is 9.64 Å². The van der Waals surface area contributed by atoms with Crippen LogP contribution in [0.25, 0.3) is 0 Å². The molecule has 4 heteroatoms. The average Bonchev–Trinajstić information content (AvgIpc) is 2.48. The fraction of sp³-hybridized carbons (Fsp3) is 0.588. The van der Waals surface area contributed by atoms with Crippen molar-refractivity contribution in [3.63, 3.8) is 0 Å². The zero-order valence-electron chi connectivity index (χ0n) is 13.4. The summed E-state index contributed by atoms with van der Waals surface area (Å²) >= 11 is 0. The first-order valence-corrected chi connectivity index (χ1v) is 7.71. The molecule has 0 N–H and O–H groups in total. The molecule has 0 unspecified atom stereocenters. The highest BCUT2D eigenvalue weighted by molar-refractivity contribution is 5.73. The third kappa shape index (κ3) is 4.46. The smallest absolute Gasteiger partial charge is 0.219 e. The van der Waals surface area contributed by atoms with Crippen molar-refractivity contribution in [2.45, 2.75) is 26.7 Å². The molecular weight excluding hydrogens is 264 g/mol. The van der Waals surface area contributed by atoms with Crippen molar-refractivity contribution in [3.8, 4) is 5.75 Å². The van der Waals surface area contributed by atoms with Crippen LogP contribution in [0.3, 0.4) is 0 Å². The predicted molar refractivity (Wildman–Crippen MR) is 84.7 cm³/mol. The van der Waals surface area contributed by atoms with Crippen molar-refractivity contribution >= 4 is 5.91 Å². The molecule has 1 aromatic rings. The van der Waals surface area contributed by atoms with E-state index in [1.54, 1.807) is 14.0 Å². The molecule has 1 amide bonds. The molecule has 0 saturated carbocycles. The third-order valence-corrected chi connectivity index (χ3v) is 4.22. The minimum absolute atomic E-state index is 0.198. The molecule has 4 nitrogen and oxygen atoms in total. The SMILES string of the molecule is COc1ccc(CCCN2CCN(C(C)=O)CC2)cc1C. The van der Waals surface area contributed by atoms with Gasteiger partial charge in [-0.05, 0) is 43.5 Å². The van der Waals surface area contributed by atoms with Crippen molar-refractivity contribution in [1.82, 2.24) is 9.80 Å². The molecule has 0 aliphatic carbocycles. The molecule has 116 valence electrons. The molecule has 0 bridgehead atoms. The van der Waals surface area contributed by atoms with E-state index in [1.807, 2.05) is 4.90 Å². The summed E-state index contributed by atoms with van der Waals surface area (Å²) in [6.45, 7) is 8.60. The van der Waals surface area contributed by atoms with Crippen LogP contribution in [-0.4, -0.2) is 55.5 Å². The third-order valence-electron chi connectivity index (χ3n) is 4.22. The van der Waals surface area contributed by atoms with E-state index in [0.29, 0.717) is 0 Å². The van der Waals surface area contributed by atoms with Crippen LogP contribution in [0, 0.1) is 6.92 Å². The van der Waals surface area contributed by atoms with Crippen molar-refractivity contribution in [3.05, 3.63) is 29.3 Å². The van der Waals surface area contributed by atoms with Gasteiger partial charge in [0.05, 0.1) is 7.11 Å². The second kappa shape index (κ2) is 7.46. The highest BCUT2D eigenvalue weighted by atomic mass is 16.5. The van der Waals surface area contributed by atoms with Crippen LogP contribution in [0.1, 0.15) is 24.5 Å². The Kier molecular flexibility index (Phi) is 5.62. The second-order valence-corrected chi connectivity index (χ2v) is 5.76. The fourth-order valence-corrected chi connectivity index (χ4v) is 2.89. The minimum atomic E-state index is 0.198. The number of aryl methyl sites for hydroxylation is 2. The summed E-state index contributed by atoms with van der Waals surface area (Å²) in [6, 6.07) is 6.42. The van der Waals surface area contributed by atoms with Gasteiger partial charge in [0.25, 0.3) is 0 Å². The number of ether oxygens (including phenoxy) is 1. The molecule has 1 heterocycles. The summed E-state index contributed by atoms with van der Waals surface area (Å²) in [5, 5.41) is 0. The van der Waals surface area contributed by atoms with E-state index in [1.165, 1.54) is 11.1 Å². The van der Waals surface area contributed by atoms with Crippen LogP contribution < -0.4 is 4.74 Å². The topological polar surface area (TPSA) is 32.8 Å². The Hall–Kier alpha value is -1.55. The molecule has 1 aliphatic heterocycles. The molecule has 1 aliphatic rings. The van der Waals surface area contributed by atoms with Crippen molar-refractivity contribution in [2.24, 2.45) is 0 Å². The Bertz CT molecular complexity index is 480. The van der Waals surface area contributed by atoms with E-state index in [4.69, 9.17) is 4.74 Å². The molecule has 2 rings (SSSR count). The van der Waals surface area contributed by atoms with Gasteiger partial charge in [-0.1, -0.05) is 12.1 Å². The standard InChI is InChI=1S/C17H26N2O2/c1-14-13-16(6-7-17(14)21-3)5-4-8-18-9-11-19(12-10-18)15(2)20/h6-7,13H,4-5,8-12H2,1-3H3.